The molecule has 0 spiro atoms. The van der Waals surface area contributed by atoms with Crippen molar-refractivity contribution >= 4 is 5.69 Å². The summed E-state index contributed by atoms with van der Waals surface area (Å²) in [5.41, 5.74) is 1.07. The molecule has 4 unspecified atom stereocenters. The van der Waals surface area contributed by atoms with Gasteiger partial charge in [-0.2, -0.15) is 5.11 Å². The molecular weight excluding hydrogens is 228 g/mol. The van der Waals surface area contributed by atoms with E-state index in [1.165, 1.54) is 0 Å². The number of ether oxygens (including phenoxy) is 2. The van der Waals surface area contributed by atoms with Gasteiger partial charge in [0.25, 0.3) is 0 Å². The lowest BCUT2D eigenvalue weighted by Crippen LogP contribution is -2.28. The highest BCUT2D eigenvalue weighted by molar-refractivity contribution is 5.44. The Bertz CT molecular complexity index is 583. The van der Waals surface area contributed by atoms with E-state index in [0.29, 0.717) is 0 Å². The van der Waals surface area contributed by atoms with Gasteiger partial charge in [-0.1, -0.05) is 24.3 Å². The number of rotatable bonds is 2. The maximum atomic E-state index is 5.80. The summed E-state index contributed by atoms with van der Waals surface area (Å²) in [6, 6.07) is 7.93. The number of hydrogen-bond donors (Lipinski definition) is 0. The molecule has 0 aromatic heterocycles. The van der Waals surface area contributed by atoms with Gasteiger partial charge in [-0.05, 0) is 31.6 Å². The third-order valence-corrected chi connectivity index (χ3v) is 4.04. The van der Waals surface area contributed by atoms with Crippen LogP contribution in [-0.4, -0.2) is 23.5 Å². The highest BCUT2D eigenvalue weighted by atomic mass is 16.7. The molecular formula is C14H14N2O2. The lowest BCUT2D eigenvalue weighted by Gasteiger charge is -2.08. The van der Waals surface area contributed by atoms with E-state index in [4.69, 9.17) is 9.47 Å². The summed E-state index contributed by atoms with van der Waals surface area (Å²) >= 11 is 0. The first-order valence-electron chi connectivity index (χ1n) is 6.18. The minimum atomic E-state index is -0.604. The minimum absolute atomic E-state index is 0.151. The van der Waals surface area contributed by atoms with Crippen molar-refractivity contribution < 1.29 is 9.47 Å². The molecule has 0 amide bonds. The van der Waals surface area contributed by atoms with Gasteiger partial charge in [0.1, 0.15) is 12.2 Å². The van der Waals surface area contributed by atoms with Gasteiger partial charge in [-0.25, -0.2) is 0 Å². The number of nitrogens with zero attached hydrogens (tertiary/aromatic N) is 2. The van der Waals surface area contributed by atoms with Crippen LogP contribution in [0.4, 0.5) is 5.69 Å². The molecule has 1 aromatic rings. The lowest BCUT2D eigenvalue weighted by atomic mass is 9.92. The standard InChI is InChI=1S/C14H14N2O2/c1-9-5-3-4-6-10(9)15-16-14-8-7-11-12(17-11)13(14,2)18-14/h3-8,11-12H,1-2H3. The zero-order valence-corrected chi connectivity index (χ0v) is 10.3. The normalized spacial score (nSPS) is 43.7. The first-order chi connectivity index (χ1) is 8.65. The van der Waals surface area contributed by atoms with Crippen molar-refractivity contribution in [2.24, 2.45) is 10.2 Å². The van der Waals surface area contributed by atoms with Crippen LogP contribution in [0.25, 0.3) is 0 Å². The maximum Gasteiger partial charge on any atom is 0.230 e. The van der Waals surface area contributed by atoms with Crippen LogP contribution >= 0.6 is 0 Å². The van der Waals surface area contributed by atoms with Gasteiger partial charge in [-0.3, -0.25) is 0 Å². The van der Waals surface area contributed by atoms with Gasteiger partial charge >= 0.3 is 0 Å². The third-order valence-electron chi connectivity index (χ3n) is 4.04. The van der Waals surface area contributed by atoms with E-state index in [2.05, 4.69) is 10.2 Å². The molecule has 4 nitrogen and oxygen atoms in total. The molecule has 0 bridgehead atoms. The Labute approximate surface area is 105 Å². The predicted molar refractivity (Wildman–Crippen MR) is 65.7 cm³/mol. The van der Waals surface area contributed by atoms with Crippen molar-refractivity contribution in [2.75, 3.05) is 0 Å². The largest absolute Gasteiger partial charge is 0.362 e. The van der Waals surface area contributed by atoms with Crippen LogP contribution in [0.15, 0.2) is 46.6 Å². The van der Waals surface area contributed by atoms with E-state index in [9.17, 15) is 0 Å². The van der Waals surface area contributed by atoms with E-state index in [1.54, 1.807) is 0 Å². The fourth-order valence-corrected chi connectivity index (χ4v) is 2.65. The number of azo groups is 1. The van der Waals surface area contributed by atoms with Crippen molar-refractivity contribution in [3.63, 3.8) is 0 Å². The molecule has 0 N–H and O–H groups in total. The van der Waals surface area contributed by atoms with Crippen molar-refractivity contribution in [2.45, 2.75) is 37.4 Å². The predicted octanol–water partition coefficient (Wildman–Crippen LogP) is 2.90. The van der Waals surface area contributed by atoms with Crippen molar-refractivity contribution in [3.05, 3.63) is 42.0 Å². The van der Waals surface area contributed by atoms with Crippen LogP contribution in [0, 0.1) is 6.92 Å². The highest BCUT2D eigenvalue weighted by Gasteiger charge is 2.78. The topological polar surface area (TPSA) is 49.8 Å². The van der Waals surface area contributed by atoms with Crippen LogP contribution in [0.5, 0.6) is 0 Å². The van der Waals surface area contributed by atoms with Crippen LogP contribution in [0.3, 0.4) is 0 Å². The Morgan fingerprint density at radius 2 is 2.11 bits per heavy atom. The average molecular weight is 242 g/mol. The third kappa shape index (κ3) is 1.22. The first-order valence-corrected chi connectivity index (χ1v) is 6.18. The Morgan fingerprint density at radius 3 is 2.94 bits per heavy atom. The van der Waals surface area contributed by atoms with Crippen LogP contribution in [0.2, 0.25) is 0 Å². The molecule has 0 radical (unpaired) electrons. The van der Waals surface area contributed by atoms with Gasteiger partial charge in [0.05, 0.1) is 5.69 Å². The molecule has 3 aliphatic rings. The number of fused-ring (bicyclic) bond motifs is 3. The average Bonchev–Trinajstić information content (AvgIpc) is 3.21. The van der Waals surface area contributed by atoms with Gasteiger partial charge in [-0.15, -0.1) is 5.11 Å². The van der Waals surface area contributed by atoms with Gasteiger partial charge in [0.2, 0.25) is 5.72 Å². The summed E-state index contributed by atoms with van der Waals surface area (Å²) in [4.78, 5) is 0. The second-order valence-corrected chi connectivity index (χ2v) is 5.27. The molecule has 1 aromatic carbocycles. The number of aryl methyl sites for hydroxylation is 1. The molecule has 0 saturated carbocycles. The molecule has 4 heteroatoms. The Hall–Kier alpha value is -1.52. The second kappa shape index (κ2) is 3.08. The highest BCUT2D eigenvalue weighted by Crippen LogP contribution is 2.61. The Kier molecular flexibility index (Phi) is 1.78. The summed E-state index contributed by atoms with van der Waals surface area (Å²) in [5, 5.41) is 8.74. The second-order valence-electron chi connectivity index (χ2n) is 5.27. The van der Waals surface area contributed by atoms with Gasteiger partial charge < -0.3 is 9.47 Å². The molecule has 18 heavy (non-hydrogen) atoms. The van der Waals surface area contributed by atoms with Crippen LogP contribution in [0.1, 0.15) is 12.5 Å². The summed E-state index contributed by atoms with van der Waals surface area (Å²) in [5.74, 6) is 0. The number of hydrogen-bond acceptors (Lipinski definition) is 4. The van der Waals surface area contributed by atoms with Gasteiger partial charge in [0, 0.05) is 0 Å². The fourth-order valence-electron chi connectivity index (χ4n) is 2.65. The van der Waals surface area contributed by atoms with Gasteiger partial charge in [0.15, 0.2) is 5.60 Å². The summed E-state index contributed by atoms with van der Waals surface area (Å²) in [6.45, 7) is 4.06. The molecule has 2 heterocycles. The van der Waals surface area contributed by atoms with Crippen LogP contribution < -0.4 is 0 Å². The van der Waals surface area contributed by atoms with E-state index < -0.39 is 5.72 Å². The lowest BCUT2D eigenvalue weighted by molar-refractivity contribution is 0.240. The summed E-state index contributed by atoms with van der Waals surface area (Å²) < 4.78 is 11.3. The molecule has 1 aliphatic carbocycles. The van der Waals surface area contributed by atoms with Crippen molar-refractivity contribution in [1.82, 2.24) is 0 Å². The maximum absolute atomic E-state index is 5.80. The van der Waals surface area contributed by atoms with Crippen molar-refractivity contribution in [1.29, 1.82) is 0 Å². The SMILES string of the molecule is Cc1ccccc1N=NC12C=CC3OC3C1(C)O2. The van der Waals surface area contributed by atoms with E-state index in [1.807, 2.05) is 50.3 Å². The quantitative estimate of drug-likeness (QED) is 0.455. The Morgan fingerprint density at radius 1 is 1.28 bits per heavy atom. The summed E-state index contributed by atoms with van der Waals surface area (Å²) in [7, 11) is 0. The number of benzene rings is 1. The van der Waals surface area contributed by atoms with E-state index >= 15 is 0 Å². The van der Waals surface area contributed by atoms with E-state index in [0.717, 1.165) is 11.3 Å². The molecule has 2 saturated heterocycles. The zero-order valence-electron chi connectivity index (χ0n) is 10.3. The fraction of sp³-hybridized carbons (Fsp3) is 0.429. The smallest absolute Gasteiger partial charge is 0.230 e. The first kappa shape index (κ1) is 10.4. The van der Waals surface area contributed by atoms with E-state index in [-0.39, 0.29) is 17.8 Å². The van der Waals surface area contributed by atoms with Crippen molar-refractivity contribution in [3.8, 4) is 0 Å². The number of epoxide rings is 2. The molecule has 2 fully saturated rings. The summed E-state index contributed by atoms with van der Waals surface area (Å²) in [6.07, 6.45) is 4.37. The monoisotopic (exact) mass is 242 g/mol. The molecule has 2 aliphatic heterocycles. The Balaban J connectivity index is 1.65. The molecule has 92 valence electrons. The zero-order chi connectivity index (χ0) is 12.4. The molecule has 4 rings (SSSR count). The minimum Gasteiger partial charge on any atom is -0.362 e. The molecule has 4 atom stereocenters. The van der Waals surface area contributed by atoms with Crippen LogP contribution in [-0.2, 0) is 9.47 Å².